The Labute approximate surface area is 126 Å². The van der Waals surface area contributed by atoms with Crippen molar-refractivity contribution in [3.63, 3.8) is 0 Å². The fourth-order valence-electron chi connectivity index (χ4n) is 2.67. The second-order valence-electron chi connectivity index (χ2n) is 5.43. The van der Waals surface area contributed by atoms with Gasteiger partial charge in [0.25, 0.3) is 5.91 Å². The highest BCUT2D eigenvalue weighted by Gasteiger charge is 2.21. The molecule has 2 heterocycles. The molecular weight excluding hydrogens is 282 g/mol. The van der Waals surface area contributed by atoms with Crippen molar-refractivity contribution in [1.29, 1.82) is 0 Å². The maximum absolute atomic E-state index is 12.5. The maximum Gasteiger partial charge on any atom is 0.252 e. The van der Waals surface area contributed by atoms with Crippen molar-refractivity contribution < 1.29 is 4.79 Å². The number of aromatic nitrogens is 2. The van der Waals surface area contributed by atoms with Gasteiger partial charge in [0.05, 0.1) is 10.4 Å². The van der Waals surface area contributed by atoms with Crippen molar-refractivity contribution in [3.8, 4) is 10.4 Å². The Morgan fingerprint density at radius 2 is 2.29 bits per heavy atom. The van der Waals surface area contributed by atoms with Crippen LogP contribution in [0.5, 0.6) is 0 Å². The quantitative estimate of drug-likeness (QED) is 0.776. The molecule has 0 spiro atoms. The lowest BCUT2D eigenvalue weighted by atomic mass is 9.92. The average Bonchev–Trinajstić information content (AvgIpc) is 3.11. The summed E-state index contributed by atoms with van der Waals surface area (Å²) in [5.41, 5.74) is 4.57. The molecule has 1 saturated carbocycles. The Morgan fingerprint density at radius 3 is 3.00 bits per heavy atom. The van der Waals surface area contributed by atoms with Crippen LogP contribution in [0.3, 0.4) is 0 Å². The molecule has 4 nitrogen and oxygen atoms in total. The molecule has 106 valence electrons. The first-order chi connectivity index (χ1) is 10.3. The maximum atomic E-state index is 12.5. The van der Waals surface area contributed by atoms with E-state index in [1.54, 1.807) is 11.3 Å². The van der Waals surface area contributed by atoms with Crippen LogP contribution < -0.4 is 5.32 Å². The Balaban J connectivity index is 1.78. The van der Waals surface area contributed by atoms with Gasteiger partial charge in [0.1, 0.15) is 0 Å². The van der Waals surface area contributed by atoms with E-state index in [9.17, 15) is 4.79 Å². The van der Waals surface area contributed by atoms with Gasteiger partial charge in [0.15, 0.2) is 0 Å². The smallest absolute Gasteiger partial charge is 0.252 e. The molecule has 0 aliphatic heterocycles. The summed E-state index contributed by atoms with van der Waals surface area (Å²) in [6.45, 7) is 0. The van der Waals surface area contributed by atoms with E-state index in [1.807, 2.05) is 30.0 Å². The summed E-state index contributed by atoms with van der Waals surface area (Å²) in [5, 5.41) is 4.09. The predicted octanol–water partition coefficient (Wildman–Crippen LogP) is 3.57. The molecule has 1 fully saturated rings. The predicted molar refractivity (Wildman–Crippen MR) is 84.5 cm³/mol. The third-order valence-electron chi connectivity index (χ3n) is 4.07. The number of carbonyl (C=O) groups excluding carboxylic acids is 1. The topological polar surface area (TPSA) is 57.8 Å². The molecule has 2 N–H and O–H groups in total. The van der Waals surface area contributed by atoms with Crippen LogP contribution in [0, 0.1) is 0 Å². The van der Waals surface area contributed by atoms with E-state index in [0.717, 1.165) is 39.7 Å². The van der Waals surface area contributed by atoms with E-state index in [4.69, 9.17) is 0 Å². The number of fused-ring (bicyclic) bond motifs is 1. The van der Waals surface area contributed by atoms with Gasteiger partial charge in [0, 0.05) is 34.9 Å². The molecule has 1 aromatic carbocycles. The number of hydrogen-bond acceptors (Lipinski definition) is 3. The molecule has 3 aromatic rings. The summed E-state index contributed by atoms with van der Waals surface area (Å²) in [6.07, 6.45) is 7.11. The van der Waals surface area contributed by atoms with Crippen molar-refractivity contribution in [3.05, 3.63) is 41.7 Å². The molecule has 5 heteroatoms. The molecule has 1 amide bonds. The summed E-state index contributed by atoms with van der Waals surface area (Å²) in [6, 6.07) is 6.35. The van der Waals surface area contributed by atoms with E-state index >= 15 is 0 Å². The summed E-state index contributed by atoms with van der Waals surface area (Å²) in [4.78, 5) is 20.9. The zero-order valence-corrected chi connectivity index (χ0v) is 12.2. The summed E-state index contributed by atoms with van der Waals surface area (Å²) >= 11 is 1.58. The highest BCUT2D eigenvalue weighted by molar-refractivity contribution is 7.13. The summed E-state index contributed by atoms with van der Waals surface area (Å²) < 4.78 is 0. The Bertz CT molecular complexity index is 787. The Morgan fingerprint density at radius 1 is 1.38 bits per heavy atom. The summed E-state index contributed by atoms with van der Waals surface area (Å²) in [7, 11) is 0. The highest BCUT2D eigenvalue weighted by Crippen LogP contribution is 2.30. The van der Waals surface area contributed by atoms with E-state index < -0.39 is 0 Å². The van der Waals surface area contributed by atoms with Crippen LogP contribution in [0.4, 0.5) is 0 Å². The van der Waals surface area contributed by atoms with Gasteiger partial charge in [0.2, 0.25) is 0 Å². The second-order valence-corrected chi connectivity index (χ2v) is 6.32. The Kier molecular flexibility index (Phi) is 3.00. The van der Waals surface area contributed by atoms with Crippen LogP contribution in [-0.4, -0.2) is 21.9 Å². The highest BCUT2D eigenvalue weighted by atomic mass is 32.1. The molecule has 0 bridgehead atoms. The standard InChI is InChI=1S/C16H15N3OS/c20-16(19-11-2-1-3-11)13-6-10(15-8-17-9-21-15)7-14-12(13)4-5-18-14/h4-9,11,18H,1-3H2,(H,19,20). The van der Waals surface area contributed by atoms with E-state index in [0.29, 0.717) is 6.04 Å². The second kappa shape index (κ2) is 5.00. The first-order valence-electron chi connectivity index (χ1n) is 7.12. The minimum atomic E-state index is 0.0238. The molecule has 1 aliphatic rings. The zero-order valence-electron chi connectivity index (χ0n) is 11.4. The molecule has 21 heavy (non-hydrogen) atoms. The number of H-pyrrole nitrogens is 1. The number of nitrogens with one attached hydrogen (secondary N) is 2. The first-order valence-corrected chi connectivity index (χ1v) is 8.00. The number of hydrogen-bond donors (Lipinski definition) is 2. The minimum Gasteiger partial charge on any atom is -0.361 e. The fourth-order valence-corrected chi connectivity index (χ4v) is 3.28. The fraction of sp³-hybridized carbons (Fsp3) is 0.250. The number of amides is 1. The van der Waals surface area contributed by atoms with Gasteiger partial charge in [-0.3, -0.25) is 9.78 Å². The van der Waals surface area contributed by atoms with Crippen molar-refractivity contribution in [2.24, 2.45) is 0 Å². The Hall–Kier alpha value is -2.14. The van der Waals surface area contributed by atoms with Crippen molar-refractivity contribution in [1.82, 2.24) is 15.3 Å². The van der Waals surface area contributed by atoms with Crippen LogP contribution in [-0.2, 0) is 0 Å². The normalized spacial score (nSPS) is 15.0. The van der Waals surface area contributed by atoms with Crippen molar-refractivity contribution in [2.75, 3.05) is 0 Å². The van der Waals surface area contributed by atoms with Gasteiger partial charge < -0.3 is 10.3 Å². The van der Waals surface area contributed by atoms with Gasteiger partial charge in [-0.15, -0.1) is 11.3 Å². The van der Waals surface area contributed by atoms with Gasteiger partial charge in [-0.05, 0) is 43.0 Å². The molecule has 1 aliphatic carbocycles. The first kappa shape index (κ1) is 12.6. The number of rotatable bonds is 3. The lowest BCUT2D eigenvalue weighted by molar-refractivity contribution is 0.0918. The minimum absolute atomic E-state index is 0.0238. The third kappa shape index (κ3) is 2.23. The van der Waals surface area contributed by atoms with Crippen LogP contribution in [0.15, 0.2) is 36.1 Å². The van der Waals surface area contributed by atoms with Crippen molar-refractivity contribution in [2.45, 2.75) is 25.3 Å². The number of carbonyl (C=O) groups is 1. The van der Waals surface area contributed by atoms with E-state index in [2.05, 4.69) is 21.4 Å². The average molecular weight is 297 g/mol. The van der Waals surface area contributed by atoms with Gasteiger partial charge in [-0.2, -0.15) is 0 Å². The van der Waals surface area contributed by atoms with Crippen molar-refractivity contribution >= 4 is 28.1 Å². The van der Waals surface area contributed by atoms with Gasteiger partial charge >= 0.3 is 0 Å². The number of thiazole rings is 1. The zero-order chi connectivity index (χ0) is 14.2. The number of aromatic amines is 1. The van der Waals surface area contributed by atoms with Crippen LogP contribution in [0.1, 0.15) is 29.6 Å². The van der Waals surface area contributed by atoms with Crippen LogP contribution >= 0.6 is 11.3 Å². The van der Waals surface area contributed by atoms with E-state index in [-0.39, 0.29) is 5.91 Å². The largest absolute Gasteiger partial charge is 0.361 e. The SMILES string of the molecule is O=C(NC1CCC1)c1cc(-c2cncs2)cc2[nH]ccc12. The molecule has 4 rings (SSSR count). The van der Waals surface area contributed by atoms with Gasteiger partial charge in [-0.25, -0.2) is 0 Å². The number of nitrogens with zero attached hydrogens (tertiary/aromatic N) is 1. The number of benzene rings is 1. The third-order valence-corrected chi connectivity index (χ3v) is 4.89. The lowest BCUT2D eigenvalue weighted by Crippen LogP contribution is -2.39. The molecule has 0 saturated heterocycles. The van der Waals surface area contributed by atoms with Crippen LogP contribution in [0.25, 0.3) is 21.3 Å². The molecule has 2 aromatic heterocycles. The summed E-state index contributed by atoms with van der Waals surface area (Å²) in [5.74, 6) is 0.0238. The molecule has 0 unspecified atom stereocenters. The van der Waals surface area contributed by atoms with E-state index in [1.165, 1.54) is 6.42 Å². The van der Waals surface area contributed by atoms with Crippen LogP contribution in [0.2, 0.25) is 0 Å². The molecular formula is C16H15N3OS. The molecule has 0 atom stereocenters. The van der Waals surface area contributed by atoms with Gasteiger partial charge in [-0.1, -0.05) is 0 Å². The monoisotopic (exact) mass is 297 g/mol. The lowest BCUT2D eigenvalue weighted by Gasteiger charge is -2.26. The molecule has 0 radical (unpaired) electrons.